The zero-order chi connectivity index (χ0) is 16.3. The number of amides is 1. The van der Waals surface area contributed by atoms with E-state index in [1.165, 1.54) is 23.2 Å². The van der Waals surface area contributed by atoms with Crippen molar-refractivity contribution < 1.29 is 13.9 Å². The normalized spacial score (nSPS) is 11.9. The second kappa shape index (κ2) is 6.43. The van der Waals surface area contributed by atoms with Crippen LogP contribution in [0.4, 0.5) is 11.4 Å². The van der Waals surface area contributed by atoms with E-state index in [0.717, 1.165) is 0 Å². The Kier molecular flexibility index (Phi) is 4.61. The number of nitrogens with zero attached hydrogens (tertiary/aromatic N) is 4. The third-order valence-corrected chi connectivity index (χ3v) is 3.67. The van der Waals surface area contributed by atoms with Gasteiger partial charge in [0.05, 0.1) is 15.7 Å². The van der Waals surface area contributed by atoms with Gasteiger partial charge in [0.15, 0.2) is 0 Å². The summed E-state index contributed by atoms with van der Waals surface area (Å²) in [6, 6.07) is 4.42. The average molecular weight is 323 g/mol. The highest BCUT2D eigenvalue weighted by Crippen LogP contribution is 2.22. The first kappa shape index (κ1) is 15.8. The number of nitrogens with one attached hydrogen (secondary N) is 1. The van der Waals surface area contributed by atoms with Crippen LogP contribution >= 0.6 is 0 Å². The van der Waals surface area contributed by atoms with Crippen molar-refractivity contribution in [2.75, 3.05) is 11.6 Å². The number of hydrogen-bond donors (Lipinski definition) is 1. The van der Waals surface area contributed by atoms with E-state index in [-0.39, 0.29) is 17.4 Å². The molecule has 1 amide bonds. The standard InChI is InChI=1S/C12H13N5O4S/c1-8-3-4-9(5-10(8)17(19)20)14-11(18)6-16-7-13-15-12(16)22(2)21/h3-5,7H,6H2,1-2H3,(H,14,18)/t22-/m0/s1. The number of carbonyl (C=O) groups excluding carboxylic acids is 1. The Balaban J connectivity index is 2.12. The molecule has 0 bridgehead atoms. The summed E-state index contributed by atoms with van der Waals surface area (Å²) in [5, 5.41) is 20.9. The fourth-order valence-corrected chi connectivity index (χ4v) is 2.42. The molecule has 22 heavy (non-hydrogen) atoms. The zero-order valence-corrected chi connectivity index (χ0v) is 12.7. The third-order valence-electron chi connectivity index (χ3n) is 2.84. The molecular formula is C12H13N5O4S. The number of nitro groups is 1. The summed E-state index contributed by atoms with van der Waals surface area (Å²) >= 11 is 0. The molecule has 0 aliphatic carbocycles. The summed E-state index contributed by atoms with van der Waals surface area (Å²) in [6.45, 7) is 1.48. The molecule has 1 aromatic carbocycles. The van der Waals surface area contributed by atoms with Gasteiger partial charge in [0.25, 0.3) is 5.69 Å². The van der Waals surface area contributed by atoms with Crippen LogP contribution in [0.1, 0.15) is 5.56 Å². The van der Waals surface area contributed by atoms with E-state index in [9.17, 15) is 19.1 Å². The van der Waals surface area contributed by atoms with Gasteiger partial charge in [-0.15, -0.1) is 10.2 Å². The number of nitro benzene ring substituents is 1. The first-order valence-electron chi connectivity index (χ1n) is 6.14. The quantitative estimate of drug-likeness (QED) is 0.644. The number of aromatic nitrogens is 3. The monoisotopic (exact) mass is 323 g/mol. The lowest BCUT2D eigenvalue weighted by atomic mass is 10.2. The van der Waals surface area contributed by atoms with Gasteiger partial charge in [0.2, 0.25) is 11.1 Å². The van der Waals surface area contributed by atoms with Gasteiger partial charge in [-0.3, -0.25) is 23.7 Å². The second-order valence-corrected chi connectivity index (χ2v) is 5.78. The van der Waals surface area contributed by atoms with Crippen LogP contribution in [0, 0.1) is 17.0 Å². The van der Waals surface area contributed by atoms with Gasteiger partial charge in [0.1, 0.15) is 12.9 Å². The highest BCUT2D eigenvalue weighted by molar-refractivity contribution is 7.84. The minimum atomic E-state index is -1.37. The zero-order valence-electron chi connectivity index (χ0n) is 11.8. The van der Waals surface area contributed by atoms with Gasteiger partial charge in [-0.1, -0.05) is 6.07 Å². The molecule has 0 fully saturated rings. The molecule has 1 atom stereocenters. The number of benzene rings is 1. The molecule has 9 nitrogen and oxygen atoms in total. The van der Waals surface area contributed by atoms with Crippen molar-refractivity contribution in [3.05, 3.63) is 40.2 Å². The minimum Gasteiger partial charge on any atom is -0.324 e. The predicted octanol–water partition coefficient (Wildman–Crippen LogP) is 0.871. The minimum absolute atomic E-state index is 0.0718. The average Bonchev–Trinajstić information content (AvgIpc) is 2.88. The number of carbonyl (C=O) groups is 1. The molecule has 1 N–H and O–H groups in total. The van der Waals surface area contributed by atoms with Gasteiger partial charge in [0, 0.05) is 23.6 Å². The number of rotatable bonds is 5. The summed E-state index contributed by atoms with van der Waals surface area (Å²) in [6.07, 6.45) is 2.73. The fraction of sp³-hybridized carbons (Fsp3) is 0.250. The Hall–Kier alpha value is -2.62. The van der Waals surface area contributed by atoms with E-state index >= 15 is 0 Å². The lowest BCUT2D eigenvalue weighted by Gasteiger charge is -2.07. The maximum Gasteiger partial charge on any atom is 0.274 e. The van der Waals surface area contributed by atoms with Crippen molar-refractivity contribution >= 4 is 28.1 Å². The van der Waals surface area contributed by atoms with Crippen molar-refractivity contribution in [3.8, 4) is 0 Å². The van der Waals surface area contributed by atoms with Crippen LogP contribution < -0.4 is 5.32 Å². The Morgan fingerprint density at radius 3 is 2.86 bits per heavy atom. The molecule has 0 radical (unpaired) electrons. The highest BCUT2D eigenvalue weighted by Gasteiger charge is 2.14. The summed E-state index contributed by atoms with van der Waals surface area (Å²) < 4.78 is 12.8. The Labute approximate surface area is 128 Å². The van der Waals surface area contributed by atoms with E-state index in [2.05, 4.69) is 15.5 Å². The first-order chi connectivity index (χ1) is 10.4. The smallest absolute Gasteiger partial charge is 0.274 e. The molecular weight excluding hydrogens is 310 g/mol. The molecule has 0 saturated carbocycles. The van der Waals surface area contributed by atoms with Gasteiger partial charge in [-0.05, 0) is 13.0 Å². The summed E-state index contributed by atoms with van der Waals surface area (Å²) in [5.41, 5.74) is 0.748. The molecule has 2 rings (SSSR count). The molecule has 2 aromatic rings. The van der Waals surface area contributed by atoms with Crippen LogP contribution in [0.15, 0.2) is 29.7 Å². The van der Waals surface area contributed by atoms with Crippen LogP contribution in [0.25, 0.3) is 0 Å². The van der Waals surface area contributed by atoms with Crippen LogP contribution in [-0.2, 0) is 22.1 Å². The first-order valence-corrected chi connectivity index (χ1v) is 7.70. The van der Waals surface area contributed by atoms with E-state index in [4.69, 9.17) is 0 Å². The van der Waals surface area contributed by atoms with Gasteiger partial charge < -0.3 is 5.32 Å². The van der Waals surface area contributed by atoms with Crippen LogP contribution in [-0.4, -0.2) is 36.1 Å². The largest absolute Gasteiger partial charge is 0.324 e. The summed E-state index contributed by atoms with van der Waals surface area (Å²) in [4.78, 5) is 22.3. The van der Waals surface area contributed by atoms with Crippen LogP contribution in [0.3, 0.4) is 0 Å². The Morgan fingerprint density at radius 1 is 1.50 bits per heavy atom. The van der Waals surface area contributed by atoms with Crippen molar-refractivity contribution in [2.45, 2.75) is 18.6 Å². The van der Waals surface area contributed by atoms with Crippen molar-refractivity contribution in [1.82, 2.24) is 14.8 Å². The van der Waals surface area contributed by atoms with E-state index in [1.54, 1.807) is 19.1 Å². The number of anilines is 1. The molecule has 116 valence electrons. The fourth-order valence-electron chi connectivity index (χ4n) is 1.81. The molecule has 0 aliphatic rings. The molecule has 10 heteroatoms. The molecule has 0 aliphatic heterocycles. The van der Waals surface area contributed by atoms with Gasteiger partial charge in [-0.25, -0.2) is 0 Å². The molecule has 1 aromatic heterocycles. The lowest BCUT2D eigenvalue weighted by Crippen LogP contribution is -2.20. The lowest BCUT2D eigenvalue weighted by molar-refractivity contribution is -0.385. The maximum absolute atomic E-state index is 12.0. The van der Waals surface area contributed by atoms with Crippen molar-refractivity contribution in [1.29, 1.82) is 0 Å². The van der Waals surface area contributed by atoms with E-state index < -0.39 is 21.6 Å². The molecule has 1 heterocycles. The SMILES string of the molecule is Cc1ccc(NC(=O)Cn2cnnc2[S@](C)=O)cc1[N+](=O)[O-]. The number of aryl methyl sites for hydroxylation is 1. The third kappa shape index (κ3) is 3.52. The maximum atomic E-state index is 12.0. The predicted molar refractivity (Wildman–Crippen MR) is 78.8 cm³/mol. The summed E-state index contributed by atoms with van der Waals surface area (Å²) in [5.74, 6) is -0.426. The van der Waals surface area contributed by atoms with E-state index in [0.29, 0.717) is 11.3 Å². The van der Waals surface area contributed by atoms with Crippen LogP contribution in [0.5, 0.6) is 0 Å². The van der Waals surface area contributed by atoms with Gasteiger partial charge in [-0.2, -0.15) is 0 Å². The highest BCUT2D eigenvalue weighted by atomic mass is 32.2. The Morgan fingerprint density at radius 2 is 2.23 bits per heavy atom. The van der Waals surface area contributed by atoms with Crippen molar-refractivity contribution in [2.24, 2.45) is 0 Å². The summed E-state index contributed by atoms with van der Waals surface area (Å²) in [7, 11) is -1.37. The Bertz CT molecular complexity index is 758. The topological polar surface area (TPSA) is 120 Å². The molecule has 0 unspecified atom stereocenters. The van der Waals surface area contributed by atoms with E-state index in [1.807, 2.05) is 0 Å². The van der Waals surface area contributed by atoms with Crippen molar-refractivity contribution in [3.63, 3.8) is 0 Å². The van der Waals surface area contributed by atoms with Crippen LogP contribution in [0.2, 0.25) is 0 Å². The van der Waals surface area contributed by atoms with Gasteiger partial charge >= 0.3 is 0 Å². The number of hydrogen-bond acceptors (Lipinski definition) is 6. The molecule has 0 spiro atoms. The second-order valence-electron chi connectivity index (χ2n) is 4.50. The molecule has 0 saturated heterocycles.